The SMILES string of the molecule is CCOC(=O)C1CN2C(=N1)Sc1c2ccc(F)c1Cl. The van der Waals surface area contributed by atoms with E-state index in [1.165, 1.54) is 17.8 Å². The molecule has 1 aromatic carbocycles. The van der Waals surface area contributed by atoms with Gasteiger partial charge >= 0.3 is 5.97 Å². The number of carbonyl (C=O) groups is 1. The van der Waals surface area contributed by atoms with E-state index in [2.05, 4.69) is 4.99 Å². The third-order valence-corrected chi connectivity index (χ3v) is 4.53. The zero-order valence-electron chi connectivity index (χ0n) is 10.0. The lowest BCUT2D eigenvalue weighted by Crippen LogP contribution is -2.30. The van der Waals surface area contributed by atoms with E-state index in [9.17, 15) is 9.18 Å². The molecular weight excluding hydrogens is 291 g/mol. The van der Waals surface area contributed by atoms with Crippen LogP contribution in [-0.4, -0.2) is 30.3 Å². The second kappa shape index (κ2) is 4.68. The summed E-state index contributed by atoms with van der Waals surface area (Å²) in [6.45, 7) is 2.50. The van der Waals surface area contributed by atoms with Crippen LogP contribution in [0.15, 0.2) is 22.0 Å². The lowest BCUT2D eigenvalue weighted by atomic mass is 10.2. The fourth-order valence-electron chi connectivity index (χ4n) is 2.07. The molecule has 7 heteroatoms. The quantitative estimate of drug-likeness (QED) is 0.788. The molecule has 2 aliphatic heterocycles. The molecule has 3 rings (SSSR count). The summed E-state index contributed by atoms with van der Waals surface area (Å²) in [5.74, 6) is -0.781. The van der Waals surface area contributed by atoms with Crippen LogP contribution in [0.25, 0.3) is 0 Å². The van der Waals surface area contributed by atoms with Crippen LogP contribution >= 0.6 is 23.4 Å². The Balaban J connectivity index is 1.89. The number of anilines is 1. The maximum Gasteiger partial charge on any atom is 0.332 e. The van der Waals surface area contributed by atoms with Crippen molar-refractivity contribution in [1.82, 2.24) is 0 Å². The number of hydrogen-bond donors (Lipinski definition) is 0. The van der Waals surface area contributed by atoms with Crippen molar-refractivity contribution in [3.63, 3.8) is 0 Å². The Morgan fingerprint density at radius 3 is 3.21 bits per heavy atom. The molecule has 100 valence electrons. The van der Waals surface area contributed by atoms with Gasteiger partial charge in [0, 0.05) is 0 Å². The van der Waals surface area contributed by atoms with E-state index in [4.69, 9.17) is 16.3 Å². The van der Waals surface area contributed by atoms with Gasteiger partial charge in [0.1, 0.15) is 5.82 Å². The highest BCUT2D eigenvalue weighted by molar-refractivity contribution is 8.15. The number of benzene rings is 1. The number of ether oxygens (including phenoxy) is 1. The topological polar surface area (TPSA) is 41.9 Å². The van der Waals surface area contributed by atoms with E-state index in [1.807, 2.05) is 4.90 Å². The third kappa shape index (κ3) is 1.99. The van der Waals surface area contributed by atoms with Gasteiger partial charge in [0.05, 0.1) is 28.8 Å². The average molecular weight is 301 g/mol. The van der Waals surface area contributed by atoms with Crippen molar-refractivity contribution >= 4 is 40.2 Å². The number of esters is 1. The van der Waals surface area contributed by atoms with Crippen molar-refractivity contribution < 1.29 is 13.9 Å². The maximum absolute atomic E-state index is 13.4. The molecule has 0 bridgehead atoms. The second-order valence-electron chi connectivity index (χ2n) is 4.10. The van der Waals surface area contributed by atoms with Crippen LogP contribution in [-0.2, 0) is 9.53 Å². The molecule has 0 saturated carbocycles. The molecule has 1 aromatic rings. The Hall–Kier alpha value is -1.27. The van der Waals surface area contributed by atoms with E-state index >= 15 is 0 Å². The molecule has 1 unspecified atom stereocenters. The Morgan fingerprint density at radius 2 is 2.47 bits per heavy atom. The molecular formula is C12H10ClFN2O2S. The third-order valence-electron chi connectivity index (χ3n) is 2.92. The van der Waals surface area contributed by atoms with Gasteiger partial charge in [-0.1, -0.05) is 11.6 Å². The molecule has 0 N–H and O–H groups in total. The highest BCUT2D eigenvalue weighted by atomic mass is 35.5. The summed E-state index contributed by atoms with van der Waals surface area (Å²) in [5.41, 5.74) is 0.793. The van der Waals surface area contributed by atoms with Crippen molar-refractivity contribution in [3.05, 3.63) is 23.0 Å². The molecule has 0 radical (unpaired) electrons. The number of halogens is 2. The first-order valence-electron chi connectivity index (χ1n) is 5.79. The Labute approximate surface area is 118 Å². The zero-order chi connectivity index (χ0) is 13.6. The smallest absolute Gasteiger partial charge is 0.332 e. The molecule has 0 saturated heterocycles. The molecule has 1 atom stereocenters. The van der Waals surface area contributed by atoms with E-state index in [0.29, 0.717) is 23.2 Å². The molecule has 0 aromatic heterocycles. The van der Waals surface area contributed by atoms with Crippen LogP contribution in [0.5, 0.6) is 0 Å². The molecule has 2 aliphatic rings. The largest absolute Gasteiger partial charge is 0.464 e. The van der Waals surface area contributed by atoms with Crippen LogP contribution in [0.1, 0.15) is 6.92 Å². The number of amidine groups is 1. The molecule has 0 fully saturated rings. The van der Waals surface area contributed by atoms with Gasteiger partial charge in [0.25, 0.3) is 0 Å². The first-order chi connectivity index (χ1) is 9.11. The van der Waals surface area contributed by atoms with E-state index in [-0.39, 0.29) is 11.0 Å². The van der Waals surface area contributed by atoms with Gasteiger partial charge in [-0.15, -0.1) is 0 Å². The second-order valence-corrected chi connectivity index (χ2v) is 5.46. The van der Waals surface area contributed by atoms with Gasteiger partial charge in [0.15, 0.2) is 11.2 Å². The summed E-state index contributed by atoms with van der Waals surface area (Å²) >= 11 is 7.21. The molecule has 0 amide bonds. The number of nitrogens with zero attached hydrogens (tertiary/aromatic N) is 2. The molecule has 2 heterocycles. The van der Waals surface area contributed by atoms with Gasteiger partial charge in [-0.2, -0.15) is 0 Å². The number of thioether (sulfide) groups is 1. The molecule has 19 heavy (non-hydrogen) atoms. The van der Waals surface area contributed by atoms with Crippen LogP contribution in [0.2, 0.25) is 5.02 Å². The molecule has 0 spiro atoms. The molecule has 0 aliphatic carbocycles. The van der Waals surface area contributed by atoms with E-state index in [0.717, 1.165) is 5.69 Å². The monoisotopic (exact) mass is 300 g/mol. The summed E-state index contributed by atoms with van der Waals surface area (Å²) < 4.78 is 18.3. The van der Waals surface area contributed by atoms with Crippen LogP contribution < -0.4 is 4.90 Å². The first kappa shape index (κ1) is 12.7. The normalized spacial score (nSPS) is 20.1. The van der Waals surface area contributed by atoms with Crippen molar-refractivity contribution in [2.75, 3.05) is 18.1 Å². The van der Waals surface area contributed by atoms with Crippen molar-refractivity contribution in [2.24, 2.45) is 4.99 Å². The number of fused-ring (bicyclic) bond motifs is 3. The van der Waals surface area contributed by atoms with E-state index < -0.39 is 11.9 Å². The summed E-state index contributed by atoms with van der Waals surface area (Å²) in [4.78, 5) is 18.5. The highest BCUT2D eigenvalue weighted by Gasteiger charge is 2.39. The number of hydrogen-bond acceptors (Lipinski definition) is 5. The Bertz CT molecular complexity index is 593. The number of carbonyl (C=O) groups excluding carboxylic acids is 1. The van der Waals surface area contributed by atoms with Crippen molar-refractivity contribution in [2.45, 2.75) is 17.9 Å². The standard InChI is InChI=1S/C12H10ClFN2O2S/c1-2-18-11(17)7-5-16-8-4-3-6(14)9(13)10(8)19-12(16)15-7/h3-4,7H,2,5H2,1H3. The van der Waals surface area contributed by atoms with Gasteiger partial charge in [-0.05, 0) is 30.8 Å². The highest BCUT2D eigenvalue weighted by Crippen LogP contribution is 2.47. The summed E-state index contributed by atoms with van der Waals surface area (Å²) in [5, 5.41) is 0.771. The van der Waals surface area contributed by atoms with Gasteiger partial charge in [0.2, 0.25) is 0 Å². The number of rotatable bonds is 2. The van der Waals surface area contributed by atoms with Gasteiger partial charge < -0.3 is 9.64 Å². The van der Waals surface area contributed by atoms with Crippen LogP contribution in [0.4, 0.5) is 10.1 Å². The lowest BCUT2D eigenvalue weighted by molar-refractivity contribution is -0.144. The summed E-state index contributed by atoms with van der Waals surface area (Å²) in [7, 11) is 0. The predicted molar refractivity (Wildman–Crippen MR) is 72.5 cm³/mol. The van der Waals surface area contributed by atoms with Gasteiger partial charge in [-0.25, -0.2) is 14.2 Å². The lowest BCUT2D eigenvalue weighted by Gasteiger charge is -2.14. The van der Waals surface area contributed by atoms with Gasteiger partial charge in [-0.3, -0.25) is 0 Å². The average Bonchev–Trinajstić information content (AvgIpc) is 2.92. The first-order valence-corrected chi connectivity index (χ1v) is 6.99. The fraction of sp³-hybridized carbons (Fsp3) is 0.333. The van der Waals surface area contributed by atoms with Crippen molar-refractivity contribution in [1.29, 1.82) is 0 Å². The Kier molecular flexibility index (Phi) is 3.14. The summed E-state index contributed by atoms with van der Waals surface area (Å²) in [6, 6.07) is 2.46. The minimum absolute atomic E-state index is 0.104. The number of aliphatic imine (C=N–C) groups is 1. The van der Waals surface area contributed by atoms with E-state index in [1.54, 1.807) is 13.0 Å². The predicted octanol–water partition coefficient (Wildman–Crippen LogP) is 2.69. The maximum atomic E-state index is 13.4. The zero-order valence-corrected chi connectivity index (χ0v) is 11.6. The fourth-order valence-corrected chi connectivity index (χ4v) is 3.46. The van der Waals surface area contributed by atoms with Crippen molar-refractivity contribution in [3.8, 4) is 0 Å². The minimum atomic E-state index is -0.514. The minimum Gasteiger partial charge on any atom is -0.464 e. The van der Waals surface area contributed by atoms with Crippen LogP contribution in [0, 0.1) is 5.82 Å². The van der Waals surface area contributed by atoms with Crippen LogP contribution in [0.3, 0.4) is 0 Å². The Morgan fingerprint density at radius 1 is 1.68 bits per heavy atom. The molecule has 4 nitrogen and oxygen atoms in total. The summed E-state index contributed by atoms with van der Waals surface area (Å²) in [6.07, 6.45) is 0.